The molecule has 2 rings (SSSR count). The van der Waals surface area contributed by atoms with E-state index in [-0.39, 0.29) is 30.0 Å². The van der Waals surface area contributed by atoms with Crippen LogP contribution in [0, 0.1) is 12.8 Å². The molecule has 0 unspecified atom stereocenters. The number of rotatable bonds is 7. The van der Waals surface area contributed by atoms with Gasteiger partial charge in [-0.05, 0) is 42.7 Å². The number of carbonyl (C=O) groups is 2. The highest BCUT2D eigenvalue weighted by molar-refractivity contribution is 5.91. The van der Waals surface area contributed by atoms with Crippen LogP contribution in [0.2, 0.25) is 0 Å². The van der Waals surface area contributed by atoms with Gasteiger partial charge in [0, 0.05) is 14.1 Å². The van der Waals surface area contributed by atoms with Crippen LogP contribution in [0.1, 0.15) is 35.7 Å². The number of nitrogens with zero attached hydrogens (tertiary/aromatic N) is 1. The van der Waals surface area contributed by atoms with Crippen molar-refractivity contribution in [2.45, 2.75) is 33.4 Å². The van der Waals surface area contributed by atoms with E-state index in [4.69, 9.17) is 9.15 Å². The molecule has 1 aromatic carbocycles. The van der Waals surface area contributed by atoms with Crippen LogP contribution in [0.5, 0.6) is 5.75 Å². The first-order valence-electron chi connectivity index (χ1n) is 8.59. The van der Waals surface area contributed by atoms with Crippen LogP contribution in [-0.2, 0) is 11.3 Å². The lowest BCUT2D eigenvalue weighted by molar-refractivity contribution is -0.130. The Morgan fingerprint density at radius 2 is 1.92 bits per heavy atom. The van der Waals surface area contributed by atoms with Gasteiger partial charge >= 0.3 is 0 Å². The van der Waals surface area contributed by atoms with Crippen molar-refractivity contribution in [3.63, 3.8) is 0 Å². The number of nitrogens with one attached hydrogen (secondary N) is 1. The molecule has 1 N–H and O–H groups in total. The maximum Gasteiger partial charge on any atom is 0.289 e. The zero-order valence-corrected chi connectivity index (χ0v) is 15.9. The third-order valence-electron chi connectivity index (χ3n) is 3.83. The van der Waals surface area contributed by atoms with Crippen molar-refractivity contribution in [3.8, 4) is 5.75 Å². The van der Waals surface area contributed by atoms with E-state index in [1.807, 2.05) is 45.0 Å². The van der Waals surface area contributed by atoms with Gasteiger partial charge in [-0.2, -0.15) is 0 Å². The summed E-state index contributed by atoms with van der Waals surface area (Å²) >= 11 is 0. The Morgan fingerprint density at radius 1 is 1.19 bits per heavy atom. The molecule has 0 aliphatic heterocycles. The van der Waals surface area contributed by atoms with Crippen molar-refractivity contribution >= 4 is 11.8 Å². The van der Waals surface area contributed by atoms with Crippen molar-refractivity contribution in [1.82, 2.24) is 10.2 Å². The fraction of sp³-hybridized carbons (Fsp3) is 0.400. The van der Waals surface area contributed by atoms with Gasteiger partial charge in [0.05, 0.1) is 6.54 Å². The molecule has 140 valence electrons. The summed E-state index contributed by atoms with van der Waals surface area (Å²) in [6, 6.07) is 10.9. The molecule has 2 amide bonds. The van der Waals surface area contributed by atoms with Crippen molar-refractivity contribution in [3.05, 3.63) is 53.5 Å². The molecular weight excluding hydrogens is 332 g/mol. The highest BCUT2D eigenvalue weighted by Gasteiger charge is 2.24. The van der Waals surface area contributed by atoms with Crippen LogP contribution in [-0.4, -0.2) is 36.9 Å². The predicted molar refractivity (Wildman–Crippen MR) is 99.0 cm³/mol. The van der Waals surface area contributed by atoms with E-state index in [1.165, 1.54) is 4.90 Å². The maximum absolute atomic E-state index is 12.5. The maximum atomic E-state index is 12.5. The number of amides is 2. The van der Waals surface area contributed by atoms with Gasteiger partial charge in [0.2, 0.25) is 0 Å². The van der Waals surface area contributed by atoms with Crippen LogP contribution in [0.25, 0.3) is 0 Å². The van der Waals surface area contributed by atoms with Crippen LogP contribution in [0.4, 0.5) is 0 Å². The molecule has 2 aromatic rings. The molecular formula is C20H26N2O4. The molecule has 6 nitrogen and oxygen atoms in total. The van der Waals surface area contributed by atoms with Crippen molar-refractivity contribution < 1.29 is 18.7 Å². The normalized spacial score (nSPS) is 11.9. The SMILES string of the molecule is Cc1cccc(O[C@H](C(=O)NCc2ccc(C(=O)N(C)C)o2)C(C)C)c1. The van der Waals surface area contributed by atoms with Gasteiger partial charge < -0.3 is 19.4 Å². The Labute approximate surface area is 154 Å². The first-order valence-corrected chi connectivity index (χ1v) is 8.59. The summed E-state index contributed by atoms with van der Waals surface area (Å²) < 4.78 is 11.4. The van der Waals surface area contributed by atoms with Gasteiger partial charge in [-0.25, -0.2) is 0 Å². The van der Waals surface area contributed by atoms with Gasteiger partial charge in [-0.15, -0.1) is 0 Å². The molecule has 0 bridgehead atoms. The molecule has 1 heterocycles. The molecule has 0 aliphatic rings. The number of carbonyl (C=O) groups excluding carboxylic acids is 2. The smallest absolute Gasteiger partial charge is 0.289 e. The highest BCUT2D eigenvalue weighted by atomic mass is 16.5. The summed E-state index contributed by atoms with van der Waals surface area (Å²) in [6.45, 7) is 6.03. The Kier molecular flexibility index (Phi) is 6.44. The van der Waals surface area contributed by atoms with Crippen LogP contribution >= 0.6 is 0 Å². The lowest BCUT2D eigenvalue weighted by Gasteiger charge is -2.22. The van der Waals surface area contributed by atoms with Gasteiger partial charge in [0.15, 0.2) is 11.9 Å². The van der Waals surface area contributed by atoms with E-state index in [0.717, 1.165) is 5.56 Å². The zero-order chi connectivity index (χ0) is 19.3. The molecule has 0 radical (unpaired) electrons. The lowest BCUT2D eigenvalue weighted by atomic mass is 10.1. The minimum Gasteiger partial charge on any atom is -0.480 e. The summed E-state index contributed by atoms with van der Waals surface area (Å²) in [5, 5.41) is 2.81. The second-order valence-electron chi connectivity index (χ2n) is 6.78. The second kappa shape index (κ2) is 8.56. The Hall–Kier alpha value is -2.76. The molecule has 0 saturated carbocycles. The van der Waals surface area contributed by atoms with Gasteiger partial charge in [0.1, 0.15) is 11.5 Å². The number of hydrogen-bond donors (Lipinski definition) is 1. The lowest BCUT2D eigenvalue weighted by Crippen LogP contribution is -2.41. The fourth-order valence-corrected chi connectivity index (χ4v) is 2.41. The Bertz CT molecular complexity index is 765. The molecule has 0 saturated heterocycles. The van der Waals surface area contributed by atoms with Gasteiger partial charge in [0.25, 0.3) is 11.8 Å². The van der Waals surface area contributed by atoms with Gasteiger partial charge in [-0.3, -0.25) is 9.59 Å². The molecule has 26 heavy (non-hydrogen) atoms. The van der Waals surface area contributed by atoms with Gasteiger partial charge in [-0.1, -0.05) is 26.0 Å². The van der Waals surface area contributed by atoms with Crippen LogP contribution in [0.15, 0.2) is 40.8 Å². The Morgan fingerprint density at radius 3 is 2.54 bits per heavy atom. The standard InChI is InChI=1S/C20H26N2O4/c1-13(2)18(26-15-8-6-7-14(3)11-15)19(23)21-12-16-9-10-17(25-16)20(24)22(4)5/h6-11,13,18H,12H2,1-5H3,(H,21,23)/t18-/m0/s1. The average molecular weight is 358 g/mol. The topological polar surface area (TPSA) is 71.8 Å². The molecule has 1 atom stereocenters. The zero-order valence-electron chi connectivity index (χ0n) is 15.9. The number of ether oxygens (including phenoxy) is 1. The van der Waals surface area contributed by atoms with E-state index in [0.29, 0.717) is 11.5 Å². The first-order chi connectivity index (χ1) is 12.3. The highest BCUT2D eigenvalue weighted by Crippen LogP contribution is 2.18. The largest absolute Gasteiger partial charge is 0.480 e. The van der Waals surface area contributed by atoms with E-state index in [2.05, 4.69) is 5.32 Å². The fourth-order valence-electron chi connectivity index (χ4n) is 2.41. The minimum atomic E-state index is -0.616. The van der Waals surface area contributed by atoms with E-state index in [1.54, 1.807) is 26.2 Å². The molecule has 1 aromatic heterocycles. The molecule has 0 fully saturated rings. The third-order valence-corrected chi connectivity index (χ3v) is 3.83. The number of furan rings is 1. The molecule has 0 spiro atoms. The van der Waals surface area contributed by atoms with E-state index < -0.39 is 6.10 Å². The Balaban J connectivity index is 1.98. The van der Waals surface area contributed by atoms with Crippen molar-refractivity contribution in [2.24, 2.45) is 5.92 Å². The monoisotopic (exact) mass is 358 g/mol. The number of aryl methyl sites for hydroxylation is 1. The number of hydrogen-bond acceptors (Lipinski definition) is 4. The van der Waals surface area contributed by atoms with E-state index in [9.17, 15) is 9.59 Å². The molecule has 6 heteroatoms. The summed E-state index contributed by atoms with van der Waals surface area (Å²) in [5.41, 5.74) is 1.07. The second-order valence-corrected chi connectivity index (χ2v) is 6.78. The first kappa shape index (κ1) is 19.6. The van der Waals surface area contributed by atoms with Crippen molar-refractivity contribution in [1.29, 1.82) is 0 Å². The molecule has 0 aliphatic carbocycles. The summed E-state index contributed by atoms with van der Waals surface area (Å²) in [7, 11) is 3.31. The van der Waals surface area contributed by atoms with Crippen molar-refractivity contribution in [2.75, 3.05) is 14.1 Å². The summed E-state index contributed by atoms with van der Waals surface area (Å²) in [5.74, 6) is 0.981. The minimum absolute atomic E-state index is 0.00186. The average Bonchev–Trinajstić information content (AvgIpc) is 3.05. The third kappa shape index (κ3) is 5.12. The van der Waals surface area contributed by atoms with Crippen LogP contribution < -0.4 is 10.1 Å². The summed E-state index contributed by atoms with van der Waals surface area (Å²) in [4.78, 5) is 25.8. The predicted octanol–water partition coefficient (Wildman–Crippen LogP) is 3.01. The van der Waals surface area contributed by atoms with Crippen LogP contribution in [0.3, 0.4) is 0 Å². The summed E-state index contributed by atoms with van der Waals surface area (Å²) in [6.07, 6.45) is -0.616. The quantitative estimate of drug-likeness (QED) is 0.826. The van der Waals surface area contributed by atoms with E-state index >= 15 is 0 Å². The number of benzene rings is 1.